The SMILES string of the molecule is C1=CCC(c2cccc(-c3c4ccccc4c(C4=CC5=C(C=C(c6cccc7ccccc67)CC5)CC4)c4ccccc34)c2)=C1. The van der Waals surface area contributed by atoms with Gasteiger partial charge in [0.25, 0.3) is 0 Å². The Bertz CT molecular complexity index is 2270. The standard InChI is InChI=1S/C45H34/c1-2-12-30(11-1)32-15-9-16-36(28-32)44-40-18-5-7-20-42(40)45(43-21-8-6-19-41(43)44)37-26-24-33-27-35(25-23-34(33)29-37)39-22-10-14-31-13-3-4-17-38(31)39/h1-11,13-22,27-29H,12,23-26H2. The molecule has 6 aromatic carbocycles. The molecule has 0 nitrogen and oxygen atoms in total. The molecule has 0 aromatic heterocycles. The molecule has 0 atom stereocenters. The van der Waals surface area contributed by atoms with Gasteiger partial charge in [0.05, 0.1) is 0 Å². The summed E-state index contributed by atoms with van der Waals surface area (Å²) in [5, 5.41) is 8.08. The Morgan fingerprint density at radius 1 is 0.422 bits per heavy atom. The van der Waals surface area contributed by atoms with Crippen molar-refractivity contribution in [3.8, 4) is 11.1 Å². The highest BCUT2D eigenvalue weighted by molar-refractivity contribution is 6.19. The Kier molecular flexibility index (Phi) is 6.27. The Morgan fingerprint density at radius 3 is 1.71 bits per heavy atom. The van der Waals surface area contributed by atoms with E-state index in [1.54, 1.807) is 0 Å². The van der Waals surface area contributed by atoms with E-state index in [-0.39, 0.29) is 0 Å². The van der Waals surface area contributed by atoms with Crippen LogP contribution < -0.4 is 0 Å². The van der Waals surface area contributed by atoms with Crippen LogP contribution in [0.2, 0.25) is 0 Å². The molecule has 0 fully saturated rings. The van der Waals surface area contributed by atoms with Gasteiger partial charge in [-0.05, 0) is 126 Å². The molecule has 0 bridgehead atoms. The van der Waals surface area contributed by atoms with Crippen LogP contribution in [0.1, 0.15) is 48.8 Å². The molecular weight excluding hydrogens is 540 g/mol. The lowest BCUT2D eigenvalue weighted by Crippen LogP contribution is -2.05. The lowest BCUT2D eigenvalue weighted by atomic mass is 9.78. The van der Waals surface area contributed by atoms with E-state index in [9.17, 15) is 0 Å². The zero-order chi connectivity index (χ0) is 29.7. The number of hydrogen-bond acceptors (Lipinski definition) is 0. The van der Waals surface area contributed by atoms with Crippen molar-refractivity contribution < 1.29 is 0 Å². The molecule has 214 valence electrons. The first-order chi connectivity index (χ1) is 22.3. The molecule has 0 heteroatoms. The van der Waals surface area contributed by atoms with Crippen LogP contribution in [0, 0.1) is 0 Å². The fraction of sp³-hybridized carbons (Fsp3) is 0.111. The van der Waals surface area contributed by atoms with Crippen LogP contribution in [0.25, 0.3) is 60.2 Å². The molecular formula is C45H34. The maximum Gasteiger partial charge on any atom is -0.00262 e. The van der Waals surface area contributed by atoms with Crippen molar-refractivity contribution in [2.75, 3.05) is 0 Å². The normalized spacial score (nSPS) is 16.2. The van der Waals surface area contributed by atoms with E-state index in [2.05, 4.69) is 146 Å². The van der Waals surface area contributed by atoms with Crippen molar-refractivity contribution in [1.29, 1.82) is 0 Å². The largest absolute Gasteiger partial charge is 0.0801 e. The van der Waals surface area contributed by atoms with Crippen molar-refractivity contribution in [3.05, 3.63) is 173 Å². The summed E-state index contributed by atoms with van der Waals surface area (Å²) in [7, 11) is 0. The minimum Gasteiger partial charge on any atom is -0.0801 e. The first kappa shape index (κ1) is 26.2. The average molecular weight is 575 g/mol. The van der Waals surface area contributed by atoms with E-state index in [1.807, 2.05) is 0 Å². The second kappa shape index (κ2) is 10.8. The highest BCUT2D eigenvalue weighted by atomic mass is 14.3. The summed E-state index contributed by atoms with van der Waals surface area (Å²) in [6, 6.07) is 42.9. The molecule has 0 heterocycles. The van der Waals surface area contributed by atoms with Crippen LogP contribution in [0.15, 0.2) is 157 Å². The molecule has 0 saturated heterocycles. The molecule has 0 N–H and O–H groups in total. The van der Waals surface area contributed by atoms with Gasteiger partial charge in [-0.25, -0.2) is 0 Å². The fourth-order valence-corrected chi connectivity index (χ4v) is 7.99. The molecule has 0 aliphatic heterocycles. The first-order valence-electron chi connectivity index (χ1n) is 16.3. The van der Waals surface area contributed by atoms with E-state index in [1.165, 1.54) is 88.0 Å². The van der Waals surface area contributed by atoms with Crippen molar-refractivity contribution in [2.45, 2.75) is 32.1 Å². The summed E-state index contributed by atoms with van der Waals surface area (Å²) in [6.07, 6.45) is 17.1. The number of allylic oxidation sites excluding steroid dienone is 10. The summed E-state index contributed by atoms with van der Waals surface area (Å²) in [5.41, 5.74) is 14.1. The lowest BCUT2D eigenvalue weighted by molar-refractivity contribution is 0.906. The van der Waals surface area contributed by atoms with Gasteiger partial charge in [-0.1, -0.05) is 140 Å². The third kappa shape index (κ3) is 4.44. The molecule has 3 aliphatic carbocycles. The van der Waals surface area contributed by atoms with Crippen LogP contribution in [0.5, 0.6) is 0 Å². The molecule has 9 rings (SSSR count). The van der Waals surface area contributed by atoms with E-state index in [0.29, 0.717) is 0 Å². The van der Waals surface area contributed by atoms with Gasteiger partial charge in [0, 0.05) is 0 Å². The number of fused-ring (bicyclic) bond motifs is 3. The quantitative estimate of drug-likeness (QED) is 0.184. The molecule has 6 aromatic rings. The number of benzene rings is 6. The minimum atomic E-state index is 1.01. The highest BCUT2D eigenvalue weighted by Gasteiger charge is 2.23. The summed E-state index contributed by atoms with van der Waals surface area (Å²) in [4.78, 5) is 0. The van der Waals surface area contributed by atoms with Crippen molar-refractivity contribution in [3.63, 3.8) is 0 Å². The van der Waals surface area contributed by atoms with E-state index < -0.39 is 0 Å². The molecule has 0 spiro atoms. The van der Waals surface area contributed by atoms with Gasteiger partial charge in [0.2, 0.25) is 0 Å². The van der Waals surface area contributed by atoms with Gasteiger partial charge in [-0.2, -0.15) is 0 Å². The summed E-state index contributed by atoms with van der Waals surface area (Å²) in [6.45, 7) is 0. The van der Waals surface area contributed by atoms with Crippen LogP contribution in [-0.2, 0) is 0 Å². The maximum absolute atomic E-state index is 2.54. The predicted molar refractivity (Wildman–Crippen MR) is 194 cm³/mol. The van der Waals surface area contributed by atoms with Gasteiger partial charge in [-0.3, -0.25) is 0 Å². The third-order valence-corrected chi connectivity index (χ3v) is 10.1. The average Bonchev–Trinajstić information content (AvgIpc) is 3.65. The number of rotatable bonds is 4. The van der Waals surface area contributed by atoms with Gasteiger partial charge < -0.3 is 0 Å². The fourth-order valence-electron chi connectivity index (χ4n) is 7.99. The Balaban J connectivity index is 1.19. The zero-order valence-corrected chi connectivity index (χ0v) is 25.4. The lowest BCUT2D eigenvalue weighted by Gasteiger charge is -2.26. The van der Waals surface area contributed by atoms with Crippen molar-refractivity contribution >= 4 is 49.0 Å². The summed E-state index contributed by atoms with van der Waals surface area (Å²) in [5.74, 6) is 0. The second-order valence-corrected chi connectivity index (χ2v) is 12.7. The summed E-state index contributed by atoms with van der Waals surface area (Å²) >= 11 is 0. The van der Waals surface area contributed by atoms with Gasteiger partial charge in [0.15, 0.2) is 0 Å². The minimum absolute atomic E-state index is 1.01. The molecule has 0 unspecified atom stereocenters. The van der Waals surface area contributed by atoms with Gasteiger partial charge >= 0.3 is 0 Å². The number of hydrogen-bond donors (Lipinski definition) is 0. The Labute approximate surface area is 265 Å². The third-order valence-electron chi connectivity index (χ3n) is 10.1. The van der Waals surface area contributed by atoms with Crippen molar-refractivity contribution in [1.82, 2.24) is 0 Å². The maximum atomic E-state index is 2.54. The van der Waals surface area contributed by atoms with Crippen molar-refractivity contribution in [2.24, 2.45) is 0 Å². The highest BCUT2D eigenvalue weighted by Crippen LogP contribution is 2.46. The molecule has 3 aliphatic rings. The van der Waals surface area contributed by atoms with Crippen LogP contribution in [0.4, 0.5) is 0 Å². The zero-order valence-electron chi connectivity index (χ0n) is 25.4. The van der Waals surface area contributed by atoms with Gasteiger partial charge in [0.1, 0.15) is 0 Å². The monoisotopic (exact) mass is 574 g/mol. The Morgan fingerprint density at radius 2 is 1.00 bits per heavy atom. The van der Waals surface area contributed by atoms with Gasteiger partial charge in [-0.15, -0.1) is 0 Å². The summed E-state index contributed by atoms with van der Waals surface area (Å²) < 4.78 is 0. The topological polar surface area (TPSA) is 0 Å². The second-order valence-electron chi connectivity index (χ2n) is 12.7. The molecule has 0 amide bonds. The predicted octanol–water partition coefficient (Wildman–Crippen LogP) is 12.5. The van der Waals surface area contributed by atoms with Crippen LogP contribution >= 0.6 is 0 Å². The van der Waals surface area contributed by atoms with E-state index in [4.69, 9.17) is 0 Å². The van der Waals surface area contributed by atoms with Crippen LogP contribution in [-0.4, -0.2) is 0 Å². The molecule has 45 heavy (non-hydrogen) atoms. The molecule has 0 radical (unpaired) electrons. The van der Waals surface area contributed by atoms with E-state index in [0.717, 1.165) is 32.1 Å². The smallest absolute Gasteiger partial charge is 0.00262 e. The Hall–Kier alpha value is -5.20. The molecule has 0 saturated carbocycles. The van der Waals surface area contributed by atoms with Crippen LogP contribution in [0.3, 0.4) is 0 Å². The van der Waals surface area contributed by atoms with E-state index >= 15 is 0 Å². The first-order valence-corrected chi connectivity index (χ1v) is 16.3.